The van der Waals surface area contributed by atoms with Gasteiger partial charge in [-0.25, -0.2) is 0 Å². The number of pyridine rings is 1. The summed E-state index contributed by atoms with van der Waals surface area (Å²) < 4.78 is 5.33. The number of ether oxygens (including phenoxy) is 1. The highest BCUT2D eigenvalue weighted by Gasteiger charge is 2.20. The number of aromatic nitrogens is 1. The van der Waals surface area contributed by atoms with Crippen LogP contribution in [-0.4, -0.2) is 41.5 Å². The van der Waals surface area contributed by atoms with Crippen LogP contribution in [0.25, 0.3) is 0 Å². The van der Waals surface area contributed by atoms with Crippen LogP contribution in [0.3, 0.4) is 0 Å². The molecule has 1 heterocycles. The van der Waals surface area contributed by atoms with Crippen molar-refractivity contribution in [2.45, 2.75) is 26.3 Å². The second-order valence-electron chi connectivity index (χ2n) is 4.31. The van der Waals surface area contributed by atoms with E-state index in [1.54, 1.807) is 17.2 Å². The highest BCUT2D eigenvalue weighted by molar-refractivity contribution is 9.10. The minimum absolute atomic E-state index is 0.00358. The Morgan fingerprint density at radius 2 is 2.11 bits per heavy atom. The maximum atomic E-state index is 12.4. The van der Waals surface area contributed by atoms with Gasteiger partial charge in [0.05, 0.1) is 19.1 Å². The van der Waals surface area contributed by atoms with Crippen molar-refractivity contribution in [1.29, 1.82) is 0 Å². The normalized spacial score (nSPS) is 10.4. The van der Waals surface area contributed by atoms with Crippen molar-refractivity contribution in [2.24, 2.45) is 0 Å². The Morgan fingerprint density at radius 1 is 1.42 bits per heavy atom. The van der Waals surface area contributed by atoms with Crippen LogP contribution in [0.2, 0.25) is 0 Å². The van der Waals surface area contributed by atoms with Crippen LogP contribution < -0.4 is 0 Å². The molecule has 0 aliphatic rings. The zero-order valence-corrected chi connectivity index (χ0v) is 12.8. The zero-order valence-electron chi connectivity index (χ0n) is 11.2. The number of rotatable bonds is 5. The number of methoxy groups -OCH3 is 1. The van der Waals surface area contributed by atoms with Crippen LogP contribution in [-0.2, 0) is 9.53 Å². The Labute approximate surface area is 121 Å². The minimum Gasteiger partial charge on any atom is -0.469 e. The lowest BCUT2D eigenvalue weighted by atomic mass is 10.2. The van der Waals surface area contributed by atoms with Gasteiger partial charge in [0.2, 0.25) is 0 Å². The molecule has 19 heavy (non-hydrogen) atoms. The van der Waals surface area contributed by atoms with Gasteiger partial charge < -0.3 is 9.64 Å². The summed E-state index contributed by atoms with van der Waals surface area (Å²) in [5.41, 5.74) is 0.493. The summed E-state index contributed by atoms with van der Waals surface area (Å²) in [5.74, 6) is -0.474. The summed E-state index contributed by atoms with van der Waals surface area (Å²) in [6.07, 6.45) is 3.31. The fourth-order valence-corrected chi connectivity index (χ4v) is 1.97. The van der Waals surface area contributed by atoms with E-state index in [0.717, 1.165) is 4.47 Å². The number of halogens is 1. The highest BCUT2D eigenvalue weighted by Crippen LogP contribution is 2.13. The van der Waals surface area contributed by atoms with E-state index >= 15 is 0 Å². The van der Waals surface area contributed by atoms with E-state index in [-0.39, 0.29) is 24.3 Å². The molecule has 0 aliphatic carbocycles. The Balaban J connectivity index is 2.81. The molecule has 5 nitrogen and oxygen atoms in total. The summed E-state index contributed by atoms with van der Waals surface area (Å²) in [5, 5.41) is 0. The first-order valence-electron chi connectivity index (χ1n) is 5.94. The molecule has 0 radical (unpaired) electrons. The molecule has 0 fully saturated rings. The Hall–Kier alpha value is -1.43. The Bertz CT molecular complexity index is 463. The van der Waals surface area contributed by atoms with Gasteiger partial charge in [0.15, 0.2) is 0 Å². The predicted octanol–water partition coefficient (Wildman–Crippen LogP) is 2.26. The molecule has 0 aromatic carbocycles. The van der Waals surface area contributed by atoms with E-state index in [0.29, 0.717) is 12.1 Å². The molecule has 0 spiro atoms. The average molecular weight is 329 g/mol. The quantitative estimate of drug-likeness (QED) is 0.778. The number of hydrogen-bond donors (Lipinski definition) is 0. The second kappa shape index (κ2) is 7.23. The van der Waals surface area contributed by atoms with Gasteiger partial charge in [-0.2, -0.15) is 0 Å². The van der Waals surface area contributed by atoms with Crippen molar-refractivity contribution in [1.82, 2.24) is 9.88 Å². The van der Waals surface area contributed by atoms with Crippen LogP contribution in [0.5, 0.6) is 0 Å². The van der Waals surface area contributed by atoms with E-state index in [2.05, 4.69) is 25.7 Å². The molecule has 1 amide bonds. The Kier molecular flexibility index (Phi) is 5.95. The molecule has 0 aliphatic heterocycles. The van der Waals surface area contributed by atoms with Gasteiger partial charge in [0, 0.05) is 29.5 Å². The average Bonchev–Trinajstić information content (AvgIpc) is 2.38. The van der Waals surface area contributed by atoms with Gasteiger partial charge in [-0.1, -0.05) is 0 Å². The molecule has 1 aromatic rings. The molecule has 104 valence electrons. The number of hydrogen-bond acceptors (Lipinski definition) is 4. The summed E-state index contributed by atoms with van der Waals surface area (Å²) in [6, 6.07) is 1.71. The summed E-state index contributed by atoms with van der Waals surface area (Å²) in [6.45, 7) is 4.14. The predicted molar refractivity (Wildman–Crippen MR) is 74.7 cm³/mol. The number of carbonyl (C=O) groups excluding carboxylic acids is 2. The van der Waals surface area contributed by atoms with Crippen molar-refractivity contribution in [3.8, 4) is 0 Å². The molecule has 1 rings (SSSR count). The number of nitrogens with zero attached hydrogens (tertiary/aromatic N) is 2. The summed E-state index contributed by atoms with van der Waals surface area (Å²) >= 11 is 3.28. The zero-order chi connectivity index (χ0) is 14.4. The third-order valence-corrected chi connectivity index (χ3v) is 3.05. The van der Waals surface area contributed by atoms with E-state index in [1.807, 2.05) is 13.8 Å². The standard InChI is InChI=1S/C13H17BrN2O3/c1-9(2)16(5-4-12(17)19-3)13(18)10-6-11(14)8-15-7-10/h6-9H,4-5H2,1-3H3. The van der Waals surface area contributed by atoms with E-state index in [9.17, 15) is 9.59 Å². The SMILES string of the molecule is COC(=O)CCN(C(=O)c1cncc(Br)c1)C(C)C. The lowest BCUT2D eigenvalue weighted by Gasteiger charge is -2.26. The maximum Gasteiger partial charge on any atom is 0.307 e. The van der Waals surface area contributed by atoms with E-state index in [1.165, 1.54) is 13.3 Å². The topological polar surface area (TPSA) is 59.5 Å². The largest absolute Gasteiger partial charge is 0.469 e. The molecule has 0 saturated heterocycles. The fraction of sp³-hybridized carbons (Fsp3) is 0.462. The minimum atomic E-state index is -0.328. The van der Waals surface area contributed by atoms with Crippen LogP contribution in [0.15, 0.2) is 22.9 Å². The molecular formula is C13H17BrN2O3. The monoisotopic (exact) mass is 328 g/mol. The third-order valence-electron chi connectivity index (χ3n) is 2.62. The van der Waals surface area contributed by atoms with Crippen LogP contribution in [0, 0.1) is 0 Å². The number of carbonyl (C=O) groups is 2. The van der Waals surface area contributed by atoms with Gasteiger partial charge in [0.25, 0.3) is 5.91 Å². The molecule has 0 unspecified atom stereocenters. The second-order valence-corrected chi connectivity index (χ2v) is 5.23. The first kappa shape index (κ1) is 15.6. The summed E-state index contributed by atoms with van der Waals surface area (Å²) in [7, 11) is 1.34. The van der Waals surface area contributed by atoms with Gasteiger partial charge in [-0.3, -0.25) is 14.6 Å². The molecule has 0 N–H and O–H groups in total. The molecule has 0 saturated carbocycles. The van der Waals surface area contributed by atoms with Gasteiger partial charge in [0.1, 0.15) is 0 Å². The number of amides is 1. The first-order valence-corrected chi connectivity index (χ1v) is 6.73. The third kappa shape index (κ3) is 4.63. The molecule has 0 atom stereocenters. The van der Waals surface area contributed by atoms with Crippen molar-refractivity contribution in [2.75, 3.05) is 13.7 Å². The van der Waals surface area contributed by atoms with Crippen LogP contribution in [0.4, 0.5) is 0 Å². The first-order chi connectivity index (χ1) is 8.95. The number of esters is 1. The summed E-state index contributed by atoms with van der Waals surface area (Å²) in [4.78, 5) is 29.1. The Morgan fingerprint density at radius 3 is 2.63 bits per heavy atom. The highest BCUT2D eigenvalue weighted by atomic mass is 79.9. The van der Waals surface area contributed by atoms with Crippen LogP contribution in [0.1, 0.15) is 30.6 Å². The molecular weight excluding hydrogens is 312 g/mol. The smallest absolute Gasteiger partial charge is 0.307 e. The maximum absolute atomic E-state index is 12.4. The van der Waals surface area contributed by atoms with E-state index in [4.69, 9.17) is 0 Å². The lowest BCUT2D eigenvalue weighted by molar-refractivity contribution is -0.140. The van der Waals surface area contributed by atoms with Crippen LogP contribution >= 0.6 is 15.9 Å². The van der Waals surface area contributed by atoms with Gasteiger partial charge in [-0.05, 0) is 35.8 Å². The van der Waals surface area contributed by atoms with Crippen molar-refractivity contribution in [3.63, 3.8) is 0 Å². The van der Waals surface area contributed by atoms with Crippen molar-refractivity contribution >= 4 is 27.8 Å². The fourth-order valence-electron chi connectivity index (χ4n) is 1.60. The van der Waals surface area contributed by atoms with Gasteiger partial charge in [-0.15, -0.1) is 0 Å². The van der Waals surface area contributed by atoms with E-state index < -0.39 is 0 Å². The van der Waals surface area contributed by atoms with Crippen molar-refractivity contribution in [3.05, 3.63) is 28.5 Å². The molecule has 0 bridgehead atoms. The van der Waals surface area contributed by atoms with Crippen molar-refractivity contribution < 1.29 is 14.3 Å². The molecule has 1 aromatic heterocycles. The lowest BCUT2D eigenvalue weighted by Crippen LogP contribution is -2.38. The van der Waals surface area contributed by atoms with Gasteiger partial charge >= 0.3 is 5.97 Å². The molecule has 6 heteroatoms.